The molecule has 0 unspecified atom stereocenters. The number of amides is 1. The van der Waals surface area contributed by atoms with E-state index >= 15 is 0 Å². The summed E-state index contributed by atoms with van der Waals surface area (Å²) in [5, 5.41) is 2.83. The van der Waals surface area contributed by atoms with Gasteiger partial charge in [-0.25, -0.2) is 0 Å². The second-order valence-electron chi connectivity index (χ2n) is 7.16. The van der Waals surface area contributed by atoms with E-state index in [0.29, 0.717) is 17.7 Å². The fourth-order valence-electron chi connectivity index (χ4n) is 3.21. The number of ether oxygens (including phenoxy) is 2. The van der Waals surface area contributed by atoms with Gasteiger partial charge in [-0.2, -0.15) is 13.2 Å². The van der Waals surface area contributed by atoms with Crippen molar-refractivity contribution in [2.24, 2.45) is 0 Å². The molecule has 29 heavy (non-hydrogen) atoms. The maximum atomic E-state index is 12.3. The normalized spacial score (nSPS) is 14.7. The van der Waals surface area contributed by atoms with E-state index in [9.17, 15) is 18.0 Å². The predicted octanol–water partition coefficient (Wildman–Crippen LogP) is 5.02. The Morgan fingerprint density at radius 1 is 0.966 bits per heavy atom. The number of alkyl halides is 3. The quantitative estimate of drug-likeness (QED) is 0.669. The van der Waals surface area contributed by atoms with E-state index in [1.165, 1.54) is 12.8 Å². The lowest BCUT2D eigenvalue weighted by Gasteiger charge is -2.13. The Hall–Kier alpha value is -2.54. The smallest absolute Gasteiger partial charge is 0.411 e. The summed E-state index contributed by atoms with van der Waals surface area (Å²) in [6.07, 6.45) is 0.506. The number of carbonyl (C=O) groups excluding carboxylic acids is 1. The Labute approximate surface area is 168 Å². The highest BCUT2D eigenvalue weighted by molar-refractivity contribution is 5.94. The minimum absolute atomic E-state index is 0.110. The second kappa shape index (κ2) is 9.78. The van der Waals surface area contributed by atoms with E-state index in [-0.39, 0.29) is 18.6 Å². The molecular formula is C22H24F3NO3. The van der Waals surface area contributed by atoms with Crippen LogP contribution in [0.25, 0.3) is 0 Å². The lowest BCUT2D eigenvalue weighted by atomic mass is 10.1. The molecule has 2 aromatic rings. The molecule has 0 aromatic heterocycles. The molecule has 1 amide bonds. The Morgan fingerprint density at radius 3 is 2.21 bits per heavy atom. The number of rotatable bonds is 8. The average molecular weight is 407 g/mol. The minimum Gasteiger partial charge on any atom is -0.490 e. The number of halogens is 3. The zero-order valence-corrected chi connectivity index (χ0v) is 16.0. The molecule has 1 saturated carbocycles. The SMILES string of the molecule is O=C(NCc1ccc(COCC(F)(F)F)cc1)c1ccc(OC2CCCC2)cc1. The minimum atomic E-state index is -4.33. The van der Waals surface area contributed by atoms with Crippen molar-refractivity contribution in [1.82, 2.24) is 5.32 Å². The fraction of sp³-hybridized carbons (Fsp3) is 0.409. The molecule has 1 N–H and O–H groups in total. The molecule has 1 fully saturated rings. The highest BCUT2D eigenvalue weighted by Gasteiger charge is 2.27. The Bertz CT molecular complexity index is 782. The molecule has 7 heteroatoms. The van der Waals surface area contributed by atoms with Gasteiger partial charge in [0.15, 0.2) is 0 Å². The lowest BCUT2D eigenvalue weighted by molar-refractivity contribution is -0.176. The summed E-state index contributed by atoms with van der Waals surface area (Å²) in [7, 11) is 0. The average Bonchev–Trinajstić information content (AvgIpc) is 3.20. The maximum absolute atomic E-state index is 12.3. The molecule has 0 bridgehead atoms. The molecule has 0 saturated heterocycles. The third-order valence-corrected chi connectivity index (χ3v) is 4.73. The van der Waals surface area contributed by atoms with Gasteiger partial charge in [-0.1, -0.05) is 24.3 Å². The first kappa shape index (κ1) is 21.2. The van der Waals surface area contributed by atoms with Crippen molar-refractivity contribution in [1.29, 1.82) is 0 Å². The van der Waals surface area contributed by atoms with Gasteiger partial charge in [-0.05, 0) is 61.1 Å². The van der Waals surface area contributed by atoms with Gasteiger partial charge in [-0.3, -0.25) is 4.79 Å². The Balaban J connectivity index is 1.43. The van der Waals surface area contributed by atoms with Gasteiger partial charge in [0.1, 0.15) is 12.4 Å². The molecular weight excluding hydrogens is 383 g/mol. The van der Waals surface area contributed by atoms with Gasteiger partial charge in [-0.15, -0.1) is 0 Å². The van der Waals surface area contributed by atoms with Crippen LogP contribution in [0.3, 0.4) is 0 Å². The standard InChI is InChI=1S/C22H24F3NO3/c23-22(24,25)15-28-14-17-7-5-16(6-8-17)13-26-21(27)18-9-11-20(12-10-18)29-19-3-1-2-4-19/h5-12,19H,1-4,13-15H2,(H,26,27). The molecule has 0 atom stereocenters. The van der Waals surface area contributed by atoms with E-state index in [1.807, 2.05) is 12.1 Å². The van der Waals surface area contributed by atoms with Gasteiger partial charge in [0.2, 0.25) is 0 Å². The highest BCUT2D eigenvalue weighted by atomic mass is 19.4. The molecule has 1 aliphatic rings. The third-order valence-electron chi connectivity index (χ3n) is 4.73. The van der Waals surface area contributed by atoms with E-state index in [1.54, 1.807) is 36.4 Å². The van der Waals surface area contributed by atoms with Crippen LogP contribution in [0.4, 0.5) is 13.2 Å². The van der Waals surface area contributed by atoms with Crippen molar-refractivity contribution in [3.63, 3.8) is 0 Å². The van der Waals surface area contributed by atoms with Gasteiger partial charge < -0.3 is 14.8 Å². The third kappa shape index (κ3) is 7.09. The van der Waals surface area contributed by atoms with Crippen molar-refractivity contribution >= 4 is 5.91 Å². The van der Waals surface area contributed by atoms with Crippen molar-refractivity contribution < 1.29 is 27.4 Å². The first-order chi connectivity index (χ1) is 13.9. The zero-order valence-electron chi connectivity index (χ0n) is 16.0. The molecule has 0 heterocycles. The summed E-state index contributed by atoms with van der Waals surface area (Å²) in [5.41, 5.74) is 2.03. The second-order valence-corrected chi connectivity index (χ2v) is 7.16. The number of benzene rings is 2. The summed E-state index contributed by atoms with van der Waals surface area (Å²) < 4.78 is 46.8. The fourth-order valence-corrected chi connectivity index (χ4v) is 3.21. The van der Waals surface area contributed by atoms with Crippen LogP contribution in [-0.4, -0.2) is 24.8 Å². The predicted molar refractivity (Wildman–Crippen MR) is 103 cm³/mol. The maximum Gasteiger partial charge on any atom is 0.411 e. The summed E-state index contributed by atoms with van der Waals surface area (Å²) in [4.78, 5) is 12.3. The van der Waals surface area contributed by atoms with Crippen LogP contribution in [0, 0.1) is 0 Å². The summed E-state index contributed by atoms with van der Waals surface area (Å²) >= 11 is 0. The number of hydrogen-bond acceptors (Lipinski definition) is 3. The van der Waals surface area contributed by atoms with Gasteiger partial charge in [0.05, 0.1) is 12.7 Å². The first-order valence-electron chi connectivity index (χ1n) is 9.66. The van der Waals surface area contributed by atoms with Crippen molar-refractivity contribution in [3.8, 4) is 5.75 Å². The zero-order chi connectivity index (χ0) is 20.7. The molecule has 156 valence electrons. The van der Waals surface area contributed by atoms with Crippen LogP contribution in [0.1, 0.15) is 47.2 Å². The number of hydrogen-bond donors (Lipinski definition) is 1. The Kier molecular flexibility index (Phi) is 7.14. The van der Waals surface area contributed by atoms with Crippen molar-refractivity contribution in [3.05, 3.63) is 65.2 Å². The molecule has 1 aliphatic carbocycles. The Morgan fingerprint density at radius 2 is 1.59 bits per heavy atom. The van der Waals surface area contributed by atoms with Gasteiger partial charge in [0, 0.05) is 12.1 Å². The molecule has 0 radical (unpaired) electrons. The van der Waals surface area contributed by atoms with E-state index in [2.05, 4.69) is 10.1 Å². The molecule has 0 aliphatic heterocycles. The number of carbonyl (C=O) groups is 1. The highest BCUT2D eigenvalue weighted by Crippen LogP contribution is 2.24. The van der Waals surface area contributed by atoms with Crippen LogP contribution < -0.4 is 10.1 Å². The molecule has 4 nitrogen and oxygen atoms in total. The molecule has 3 rings (SSSR count). The van der Waals surface area contributed by atoms with Crippen molar-refractivity contribution in [2.45, 2.75) is 51.1 Å². The summed E-state index contributed by atoms with van der Waals surface area (Å²) in [6.45, 7) is -1.06. The van der Waals surface area contributed by atoms with Crippen LogP contribution in [0.5, 0.6) is 5.75 Å². The lowest BCUT2D eigenvalue weighted by Crippen LogP contribution is -2.22. The van der Waals surface area contributed by atoms with Crippen LogP contribution in [-0.2, 0) is 17.9 Å². The van der Waals surface area contributed by atoms with E-state index in [0.717, 1.165) is 24.2 Å². The number of nitrogens with one attached hydrogen (secondary N) is 1. The van der Waals surface area contributed by atoms with Gasteiger partial charge in [0.25, 0.3) is 5.91 Å². The van der Waals surface area contributed by atoms with E-state index in [4.69, 9.17) is 4.74 Å². The largest absolute Gasteiger partial charge is 0.490 e. The van der Waals surface area contributed by atoms with Crippen molar-refractivity contribution in [2.75, 3.05) is 6.61 Å². The summed E-state index contributed by atoms with van der Waals surface area (Å²) in [6, 6.07) is 14.0. The van der Waals surface area contributed by atoms with E-state index < -0.39 is 12.8 Å². The molecule has 0 spiro atoms. The van der Waals surface area contributed by atoms with Gasteiger partial charge >= 0.3 is 6.18 Å². The summed E-state index contributed by atoms with van der Waals surface area (Å²) in [5.74, 6) is 0.576. The molecule has 2 aromatic carbocycles. The first-order valence-corrected chi connectivity index (χ1v) is 9.66. The monoisotopic (exact) mass is 407 g/mol. The van der Waals surface area contributed by atoms with Crippen LogP contribution in [0.15, 0.2) is 48.5 Å². The van der Waals surface area contributed by atoms with Crippen LogP contribution >= 0.6 is 0 Å². The topological polar surface area (TPSA) is 47.6 Å². The van der Waals surface area contributed by atoms with Crippen LogP contribution in [0.2, 0.25) is 0 Å².